The highest BCUT2D eigenvalue weighted by Gasteiger charge is 2.30. The molecule has 1 heterocycles. The van der Waals surface area contributed by atoms with Gasteiger partial charge in [0.2, 0.25) is 5.91 Å². The van der Waals surface area contributed by atoms with E-state index in [1.54, 1.807) is 19.1 Å². The molecule has 23 heavy (non-hydrogen) atoms. The normalized spacial score (nSPS) is 21.3. The molecule has 2 rings (SSSR count). The van der Waals surface area contributed by atoms with Gasteiger partial charge < -0.3 is 5.32 Å². The number of carbonyl (C=O) groups excluding carboxylic acids is 1. The van der Waals surface area contributed by atoms with Crippen LogP contribution in [0.25, 0.3) is 0 Å². The lowest BCUT2D eigenvalue weighted by Gasteiger charge is -2.25. The van der Waals surface area contributed by atoms with Crippen LogP contribution in [0, 0.1) is 0 Å². The van der Waals surface area contributed by atoms with E-state index in [-0.39, 0.29) is 23.5 Å². The minimum atomic E-state index is -3.00. The third-order valence-corrected chi connectivity index (χ3v) is 6.41. The van der Waals surface area contributed by atoms with Crippen molar-refractivity contribution in [2.75, 3.05) is 18.6 Å². The van der Waals surface area contributed by atoms with Gasteiger partial charge >= 0.3 is 0 Å². The summed E-state index contributed by atoms with van der Waals surface area (Å²) in [5.74, 6) is -0.0134. The van der Waals surface area contributed by atoms with E-state index in [2.05, 4.69) is 5.32 Å². The molecule has 8 heteroatoms. The monoisotopic (exact) mass is 378 g/mol. The molecule has 1 fully saturated rings. The van der Waals surface area contributed by atoms with E-state index >= 15 is 0 Å². The van der Waals surface area contributed by atoms with Crippen LogP contribution in [-0.2, 0) is 21.2 Å². The second-order valence-corrected chi connectivity index (χ2v) is 9.01. The molecule has 2 atom stereocenters. The summed E-state index contributed by atoms with van der Waals surface area (Å²) in [5, 5.41) is 3.93. The molecular weight excluding hydrogens is 359 g/mol. The maximum Gasteiger partial charge on any atom is 0.237 e. The van der Waals surface area contributed by atoms with Crippen LogP contribution in [0.1, 0.15) is 18.9 Å². The Labute approximate surface area is 146 Å². The van der Waals surface area contributed by atoms with Crippen LogP contribution in [0.2, 0.25) is 10.0 Å². The van der Waals surface area contributed by atoms with E-state index < -0.39 is 15.9 Å². The standard InChI is InChI=1S/C15H20Cl2N2O3S/c1-10(15(20)18-13-5-6-23(21,22)9-13)19(2)8-11-3-4-12(16)7-14(11)17/h3-4,7,10,13H,5-6,8-9H2,1-2H3,(H,18,20). The van der Waals surface area contributed by atoms with Gasteiger partial charge in [-0.1, -0.05) is 29.3 Å². The molecule has 0 saturated carbocycles. The lowest BCUT2D eigenvalue weighted by atomic mass is 10.1. The third-order valence-electron chi connectivity index (χ3n) is 4.05. The largest absolute Gasteiger partial charge is 0.351 e. The van der Waals surface area contributed by atoms with E-state index in [1.165, 1.54) is 0 Å². The molecule has 0 bridgehead atoms. The molecule has 128 valence electrons. The van der Waals surface area contributed by atoms with Crippen molar-refractivity contribution in [3.8, 4) is 0 Å². The first-order chi connectivity index (χ1) is 10.7. The third kappa shape index (κ3) is 5.08. The van der Waals surface area contributed by atoms with E-state index in [4.69, 9.17) is 23.2 Å². The number of carbonyl (C=O) groups is 1. The minimum absolute atomic E-state index is 0.0260. The average Bonchev–Trinajstić information content (AvgIpc) is 2.80. The molecule has 1 N–H and O–H groups in total. The van der Waals surface area contributed by atoms with Gasteiger partial charge in [-0.15, -0.1) is 0 Å². The van der Waals surface area contributed by atoms with Gasteiger partial charge in [-0.05, 0) is 38.1 Å². The van der Waals surface area contributed by atoms with Gasteiger partial charge in [0.05, 0.1) is 17.5 Å². The number of hydrogen-bond acceptors (Lipinski definition) is 4. The van der Waals surface area contributed by atoms with Crippen LogP contribution in [0.15, 0.2) is 18.2 Å². The van der Waals surface area contributed by atoms with E-state index in [1.807, 2.05) is 18.0 Å². The fourth-order valence-corrected chi connectivity index (χ4v) is 4.63. The first-order valence-electron chi connectivity index (χ1n) is 7.33. The molecule has 2 unspecified atom stereocenters. The molecule has 0 aliphatic carbocycles. The van der Waals surface area contributed by atoms with Crippen LogP contribution < -0.4 is 5.32 Å². The number of sulfone groups is 1. The molecule has 0 radical (unpaired) electrons. The summed E-state index contributed by atoms with van der Waals surface area (Å²) in [6.07, 6.45) is 0.480. The predicted molar refractivity (Wildman–Crippen MR) is 92.6 cm³/mol. The molecule has 0 spiro atoms. The van der Waals surface area contributed by atoms with Crippen molar-refractivity contribution in [1.29, 1.82) is 0 Å². The Morgan fingerprint density at radius 3 is 2.70 bits per heavy atom. The smallest absolute Gasteiger partial charge is 0.237 e. The summed E-state index contributed by atoms with van der Waals surface area (Å²) in [6, 6.07) is 4.56. The van der Waals surface area contributed by atoms with Gasteiger partial charge in [0, 0.05) is 22.6 Å². The summed E-state index contributed by atoms with van der Waals surface area (Å²) in [4.78, 5) is 14.1. The van der Waals surface area contributed by atoms with Crippen molar-refractivity contribution >= 4 is 38.9 Å². The number of amides is 1. The van der Waals surface area contributed by atoms with Gasteiger partial charge in [-0.25, -0.2) is 8.42 Å². The minimum Gasteiger partial charge on any atom is -0.351 e. The average molecular weight is 379 g/mol. The number of benzene rings is 1. The number of nitrogens with zero attached hydrogens (tertiary/aromatic N) is 1. The van der Waals surface area contributed by atoms with E-state index in [0.717, 1.165) is 5.56 Å². The molecule has 1 amide bonds. The summed E-state index contributed by atoms with van der Waals surface area (Å²) >= 11 is 12.0. The van der Waals surface area contributed by atoms with Crippen LogP contribution in [0.3, 0.4) is 0 Å². The van der Waals surface area contributed by atoms with Crippen molar-refractivity contribution in [2.45, 2.75) is 32.0 Å². The molecule has 0 aromatic heterocycles. The zero-order valence-electron chi connectivity index (χ0n) is 13.1. The Morgan fingerprint density at radius 2 is 2.13 bits per heavy atom. The first-order valence-corrected chi connectivity index (χ1v) is 9.90. The molecule has 1 saturated heterocycles. The Kier molecular flexibility index (Phi) is 5.94. The van der Waals surface area contributed by atoms with Crippen LogP contribution >= 0.6 is 23.2 Å². The quantitative estimate of drug-likeness (QED) is 0.851. The van der Waals surface area contributed by atoms with Crippen molar-refractivity contribution in [3.05, 3.63) is 33.8 Å². The number of likely N-dealkylation sites (N-methyl/N-ethyl adjacent to an activating group) is 1. The molecule has 1 aliphatic heterocycles. The lowest BCUT2D eigenvalue weighted by molar-refractivity contribution is -0.126. The van der Waals surface area contributed by atoms with Gasteiger partial charge in [0.25, 0.3) is 0 Å². The second-order valence-electron chi connectivity index (χ2n) is 5.94. The molecular formula is C15H20Cl2N2O3S. The summed E-state index contributed by atoms with van der Waals surface area (Å²) in [7, 11) is -1.18. The number of hydrogen-bond donors (Lipinski definition) is 1. The summed E-state index contributed by atoms with van der Waals surface area (Å²) in [5.41, 5.74) is 0.877. The first kappa shape index (κ1) is 18.5. The summed E-state index contributed by atoms with van der Waals surface area (Å²) in [6.45, 7) is 2.27. The highest BCUT2D eigenvalue weighted by atomic mass is 35.5. The van der Waals surface area contributed by atoms with E-state index in [9.17, 15) is 13.2 Å². The number of rotatable bonds is 5. The van der Waals surface area contributed by atoms with Crippen LogP contribution in [-0.4, -0.2) is 49.9 Å². The Balaban J connectivity index is 1.93. The number of nitrogens with one attached hydrogen (secondary N) is 1. The Morgan fingerprint density at radius 1 is 1.43 bits per heavy atom. The second kappa shape index (κ2) is 7.38. The van der Waals surface area contributed by atoms with Crippen molar-refractivity contribution in [1.82, 2.24) is 10.2 Å². The van der Waals surface area contributed by atoms with Crippen molar-refractivity contribution in [2.24, 2.45) is 0 Å². The lowest BCUT2D eigenvalue weighted by Crippen LogP contribution is -2.47. The Bertz CT molecular complexity index is 694. The molecule has 1 aromatic rings. The molecule has 1 aliphatic rings. The van der Waals surface area contributed by atoms with Crippen LogP contribution in [0.5, 0.6) is 0 Å². The summed E-state index contributed by atoms with van der Waals surface area (Å²) < 4.78 is 22.9. The van der Waals surface area contributed by atoms with Gasteiger partial charge in [0.1, 0.15) is 0 Å². The van der Waals surface area contributed by atoms with E-state index in [0.29, 0.717) is 23.0 Å². The van der Waals surface area contributed by atoms with Gasteiger partial charge in [-0.2, -0.15) is 0 Å². The molecule has 1 aromatic carbocycles. The maximum absolute atomic E-state index is 12.3. The Hall–Kier alpha value is -0.820. The van der Waals surface area contributed by atoms with Crippen molar-refractivity contribution < 1.29 is 13.2 Å². The fourth-order valence-electron chi connectivity index (χ4n) is 2.49. The zero-order chi connectivity index (χ0) is 17.2. The maximum atomic E-state index is 12.3. The highest BCUT2D eigenvalue weighted by molar-refractivity contribution is 7.91. The topological polar surface area (TPSA) is 66.5 Å². The van der Waals surface area contributed by atoms with Gasteiger partial charge in [-0.3, -0.25) is 9.69 Å². The predicted octanol–water partition coefficient (Wildman–Crippen LogP) is 2.12. The molecule has 5 nitrogen and oxygen atoms in total. The van der Waals surface area contributed by atoms with Crippen molar-refractivity contribution in [3.63, 3.8) is 0 Å². The SMILES string of the molecule is CC(C(=O)NC1CCS(=O)(=O)C1)N(C)Cc1ccc(Cl)cc1Cl. The van der Waals surface area contributed by atoms with Gasteiger partial charge in [0.15, 0.2) is 9.84 Å². The zero-order valence-corrected chi connectivity index (χ0v) is 15.4. The fraction of sp³-hybridized carbons (Fsp3) is 0.533. The van der Waals surface area contributed by atoms with Crippen LogP contribution in [0.4, 0.5) is 0 Å². The number of halogens is 2. The highest BCUT2D eigenvalue weighted by Crippen LogP contribution is 2.22.